The van der Waals surface area contributed by atoms with Crippen molar-refractivity contribution in [3.05, 3.63) is 45.8 Å². The van der Waals surface area contributed by atoms with Crippen LogP contribution in [0.2, 0.25) is 0 Å². The fourth-order valence-electron chi connectivity index (χ4n) is 3.06. The summed E-state index contributed by atoms with van der Waals surface area (Å²) in [5.41, 5.74) is 1.32. The molecule has 3 rings (SSSR count). The predicted molar refractivity (Wildman–Crippen MR) is 122 cm³/mol. The summed E-state index contributed by atoms with van der Waals surface area (Å²) in [7, 11) is -3.74. The molecule has 0 fully saturated rings. The Hall–Kier alpha value is -3.25. The highest BCUT2D eigenvalue weighted by atomic mass is 32.2. The second-order valence-electron chi connectivity index (χ2n) is 7.12. The van der Waals surface area contributed by atoms with Crippen LogP contribution in [-0.2, 0) is 29.1 Å². The number of amidine groups is 1. The minimum Gasteiger partial charge on any atom is -0.462 e. The largest absolute Gasteiger partial charge is 0.462 e. The molecular formula is C21H23N3O7S2. The zero-order valence-electron chi connectivity index (χ0n) is 18.4. The topological polar surface area (TPSA) is 140 Å². The maximum absolute atomic E-state index is 12.3. The van der Waals surface area contributed by atoms with Crippen LogP contribution in [0.4, 0.5) is 5.00 Å². The highest BCUT2D eigenvalue weighted by Gasteiger charge is 2.31. The molecule has 1 aliphatic heterocycles. The zero-order valence-corrected chi connectivity index (χ0v) is 20.1. The summed E-state index contributed by atoms with van der Waals surface area (Å²) in [6.07, 6.45) is 0. The van der Waals surface area contributed by atoms with E-state index in [1.165, 1.54) is 24.3 Å². The van der Waals surface area contributed by atoms with Gasteiger partial charge in [0.2, 0.25) is 0 Å². The summed E-state index contributed by atoms with van der Waals surface area (Å²) >= 11 is 1.22. The van der Waals surface area contributed by atoms with Crippen LogP contribution >= 0.6 is 11.3 Å². The van der Waals surface area contributed by atoms with Crippen molar-refractivity contribution >= 4 is 50.0 Å². The number of carbonyl (C=O) groups excluding carboxylic acids is 3. The molecule has 2 heterocycles. The normalized spacial score (nSPS) is 15.9. The maximum Gasteiger partial charge on any atom is 0.341 e. The van der Waals surface area contributed by atoms with E-state index < -0.39 is 40.5 Å². The molecule has 0 saturated carbocycles. The molecular weight excluding hydrogens is 470 g/mol. The fraction of sp³-hybridized carbons (Fsp3) is 0.333. The number of rotatable bonds is 7. The molecule has 12 heteroatoms. The van der Waals surface area contributed by atoms with E-state index in [0.29, 0.717) is 16.1 Å². The Kier molecular flexibility index (Phi) is 7.18. The predicted octanol–water partition coefficient (Wildman–Crippen LogP) is 2.15. The van der Waals surface area contributed by atoms with Crippen LogP contribution in [0.15, 0.2) is 34.2 Å². The summed E-state index contributed by atoms with van der Waals surface area (Å²) in [6.45, 7) is 6.27. The van der Waals surface area contributed by atoms with Crippen LogP contribution in [-0.4, -0.2) is 51.4 Å². The number of aliphatic imine (C=N–C) groups is 1. The molecule has 0 spiro atoms. The van der Waals surface area contributed by atoms with Crippen molar-refractivity contribution in [2.24, 2.45) is 4.99 Å². The summed E-state index contributed by atoms with van der Waals surface area (Å²) in [5.74, 6) is -1.97. The van der Waals surface area contributed by atoms with Gasteiger partial charge >= 0.3 is 11.9 Å². The first kappa shape index (κ1) is 24.4. The van der Waals surface area contributed by atoms with E-state index >= 15 is 0 Å². The highest BCUT2D eigenvalue weighted by molar-refractivity contribution is 7.90. The molecule has 0 aliphatic carbocycles. The van der Waals surface area contributed by atoms with Gasteiger partial charge in [-0.1, -0.05) is 12.1 Å². The zero-order chi connectivity index (χ0) is 24.3. The van der Waals surface area contributed by atoms with Crippen molar-refractivity contribution in [2.75, 3.05) is 18.5 Å². The standard InChI is InChI=1S/C21H23N3O7S2/c1-5-30-21(27)17-11(2)13(4)32-19(17)23-16(25)10-31-20(26)12(3)22-18-14-8-6-7-9-15(14)33(28,29)24-18/h6-9,12H,5,10H2,1-4H3,(H,22,24)(H,23,25). The lowest BCUT2D eigenvalue weighted by Gasteiger charge is -2.10. The number of esters is 2. The number of nitrogens with zero attached hydrogens (tertiary/aromatic N) is 1. The maximum atomic E-state index is 12.3. The smallest absolute Gasteiger partial charge is 0.341 e. The van der Waals surface area contributed by atoms with Gasteiger partial charge in [-0.3, -0.25) is 14.5 Å². The number of fused-ring (bicyclic) bond motifs is 1. The van der Waals surface area contributed by atoms with Crippen LogP contribution in [0.3, 0.4) is 0 Å². The van der Waals surface area contributed by atoms with Gasteiger partial charge in [0, 0.05) is 10.4 Å². The Morgan fingerprint density at radius 3 is 2.58 bits per heavy atom. The second kappa shape index (κ2) is 9.71. The van der Waals surface area contributed by atoms with E-state index in [1.54, 1.807) is 32.0 Å². The molecule has 1 aromatic heterocycles. The number of hydrogen-bond donors (Lipinski definition) is 2. The monoisotopic (exact) mass is 493 g/mol. The minimum atomic E-state index is -3.74. The number of hydrogen-bond acceptors (Lipinski definition) is 9. The van der Waals surface area contributed by atoms with Gasteiger partial charge in [-0.05, 0) is 45.4 Å². The summed E-state index contributed by atoms with van der Waals surface area (Å²) < 4.78 is 36.7. The first-order valence-electron chi connectivity index (χ1n) is 9.98. The molecule has 0 bridgehead atoms. The fourth-order valence-corrected chi connectivity index (χ4v) is 5.36. The molecule has 1 aliphatic rings. The van der Waals surface area contributed by atoms with Crippen LogP contribution in [0.25, 0.3) is 0 Å². The van der Waals surface area contributed by atoms with E-state index in [-0.39, 0.29) is 22.9 Å². The number of nitrogens with one attached hydrogen (secondary N) is 2. The average Bonchev–Trinajstić information content (AvgIpc) is 3.18. The molecule has 10 nitrogen and oxygen atoms in total. The Morgan fingerprint density at radius 2 is 1.88 bits per heavy atom. The van der Waals surface area contributed by atoms with Gasteiger partial charge in [-0.25, -0.2) is 18.0 Å². The summed E-state index contributed by atoms with van der Waals surface area (Å²) in [4.78, 5) is 41.9. The van der Waals surface area contributed by atoms with E-state index in [4.69, 9.17) is 9.47 Å². The van der Waals surface area contributed by atoms with Crippen molar-refractivity contribution in [1.82, 2.24) is 4.72 Å². The number of anilines is 1. The quantitative estimate of drug-likeness (QED) is 0.563. The van der Waals surface area contributed by atoms with Crippen molar-refractivity contribution in [3.63, 3.8) is 0 Å². The van der Waals surface area contributed by atoms with Gasteiger partial charge in [0.1, 0.15) is 16.9 Å². The number of benzene rings is 1. The van der Waals surface area contributed by atoms with Gasteiger partial charge < -0.3 is 14.8 Å². The van der Waals surface area contributed by atoms with Gasteiger partial charge in [0.25, 0.3) is 15.9 Å². The van der Waals surface area contributed by atoms with Crippen molar-refractivity contribution in [2.45, 2.75) is 38.6 Å². The summed E-state index contributed by atoms with van der Waals surface area (Å²) in [5, 5.41) is 2.89. The van der Waals surface area contributed by atoms with Crippen molar-refractivity contribution < 1.29 is 32.3 Å². The van der Waals surface area contributed by atoms with Gasteiger partial charge in [0.05, 0.1) is 17.1 Å². The van der Waals surface area contributed by atoms with Crippen LogP contribution in [0, 0.1) is 13.8 Å². The molecule has 1 aromatic carbocycles. The number of amides is 1. The second-order valence-corrected chi connectivity index (χ2v) is 9.99. The third-order valence-electron chi connectivity index (χ3n) is 4.79. The Labute approximate surface area is 195 Å². The number of aryl methyl sites for hydroxylation is 1. The van der Waals surface area contributed by atoms with Gasteiger partial charge in [-0.15, -0.1) is 11.3 Å². The van der Waals surface area contributed by atoms with Crippen molar-refractivity contribution in [3.8, 4) is 0 Å². The molecule has 176 valence electrons. The SMILES string of the molecule is CCOC(=O)c1c(NC(=O)COC(=O)C(C)N=C2NS(=O)(=O)c3ccccc32)sc(C)c1C. The molecule has 2 N–H and O–H groups in total. The average molecular weight is 494 g/mol. The Balaban J connectivity index is 1.64. The molecule has 33 heavy (non-hydrogen) atoms. The van der Waals surface area contributed by atoms with Crippen LogP contribution in [0.1, 0.15) is 40.2 Å². The Bertz CT molecular complexity index is 1250. The molecule has 1 unspecified atom stereocenters. The third-order valence-corrected chi connectivity index (χ3v) is 7.31. The van der Waals surface area contributed by atoms with Gasteiger partial charge in [-0.2, -0.15) is 0 Å². The van der Waals surface area contributed by atoms with Crippen LogP contribution < -0.4 is 10.0 Å². The lowest BCUT2D eigenvalue weighted by molar-refractivity contribution is -0.148. The van der Waals surface area contributed by atoms with E-state index in [1.807, 2.05) is 6.92 Å². The molecule has 1 atom stereocenters. The van der Waals surface area contributed by atoms with Gasteiger partial charge in [0.15, 0.2) is 6.61 Å². The first-order chi connectivity index (χ1) is 15.5. The van der Waals surface area contributed by atoms with E-state index in [2.05, 4.69) is 15.0 Å². The lowest BCUT2D eigenvalue weighted by Crippen LogP contribution is -2.29. The Morgan fingerprint density at radius 1 is 1.18 bits per heavy atom. The van der Waals surface area contributed by atoms with E-state index in [9.17, 15) is 22.8 Å². The highest BCUT2D eigenvalue weighted by Crippen LogP contribution is 2.33. The number of sulfonamides is 1. The lowest BCUT2D eigenvalue weighted by atomic mass is 10.1. The number of thiophene rings is 1. The van der Waals surface area contributed by atoms with Crippen molar-refractivity contribution in [1.29, 1.82) is 0 Å². The first-order valence-corrected chi connectivity index (χ1v) is 12.3. The molecule has 1 amide bonds. The third kappa shape index (κ3) is 5.22. The minimum absolute atomic E-state index is 0.0307. The number of ether oxygens (including phenoxy) is 2. The number of carbonyl (C=O) groups is 3. The molecule has 0 radical (unpaired) electrons. The molecule has 0 saturated heterocycles. The van der Waals surface area contributed by atoms with Crippen LogP contribution in [0.5, 0.6) is 0 Å². The summed E-state index contributed by atoms with van der Waals surface area (Å²) in [6, 6.07) is 5.18. The molecule has 2 aromatic rings. The van der Waals surface area contributed by atoms with E-state index in [0.717, 1.165) is 4.88 Å².